The number of carbonyl (C=O) groups excluding carboxylic acids is 3. The summed E-state index contributed by atoms with van der Waals surface area (Å²) < 4.78 is 41.4. The van der Waals surface area contributed by atoms with Gasteiger partial charge in [0.05, 0.1) is 5.60 Å². The number of aliphatic hydroxyl groups is 1. The predicted octanol–water partition coefficient (Wildman–Crippen LogP) is 4.62. The molecule has 35 heavy (non-hydrogen) atoms. The summed E-state index contributed by atoms with van der Waals surface area (Å²) in [5.41, 5.74) is -0.210. The zero-order valence-corrected chi connectivity index (χ0v) is 20.4. The Morgan fingerprint density at radius 2 is 1.89 bits per heavy atom. The highest BCUT2D eigenvalue weighted by molar-refractivity contribution is 5.92. The predicted molar refractivity (Wildman–Crippen MR) is 117 cm³/mol. The normalized spacial score (nSPS) is 51.2. The number of ketones is 1. The highest BCUT2D eigenvalue weighted by atomic mass is 19.4. The molecule has 0 aromatic heterocycles. The van der Waals surface area contributed by atoms with Gasteiger partial charge < -0.3 is 9.84 Å². The third-order valence-corrected chi connectivity index (χ3v) is 11.6. The summed E-state index contributed by atoms with van der Waals surface area (Å²) in [6, 6.07) is 0. The number of fused-ring (bicyclic) bond motifs is 10. The lowest BCUT2D eigenvalue weighted by Crippen LogP contribution is -2.57. The van der Waals surface area contributed by atoms with E-state index in [2.05, 4.69) is 25.5 Å². The zero-order chi connectivity index (χ0) is 25.3. The van der Waals surface area contributed by atoms with Gasteiger partial charge in [-0.2, -0.15) is 13.2 Å². The summed E-state index contributed by atoms with van der Waals surface area (Å²) >= 11 is 0. The Morgan fingerprint density at radius 3 is 2.57 bits per heavy atom. The topological polar surface area (TPSA) is 80.7 Å². The van der Waals surface area contributed by atoms with Crippen molar-refractivity contribution in [2.24, 2.45) is 58.2 Å². The lowest BCUT2D eigenvalue weighted by molar-refractivity contribution is -0.202. The highest BCUT2D eigenvalue weighted by Gasteiger charge is 2.79. The van der Waals surface area contributed by atoms with Gasteiger partial charge in [-0.1, -0.05) is 26.3 Å². The second kappa shape index (κ2) is 6.99. The minimum atomic E-state index is -5.22. The summed E-state index contributed by atoms with van der Waals surface area (Å²) in [6.45, 7) is 6.74. The van der Waals surface area contributed by atoms with Crippen LogP contribution in [0.3, 0.4) is 0 Å². The molecule has 0 bridgehead atoms. The molecular weight excluding hydrogens is 461 g/mol. The van der Waals surface area contributed by atoms with Gasteiger partial charge in [-0.3, -0.25) is 9.59 Å². The first-order chi connectivity index (χ1) is 16.2. The molecule has 0 aromatic rings. The Labute approximate surface area is 202 Å². The molecule has 8 heteroatoms. The van der Waals surface area contributed by atoms with E-state index in [1.165, 1.54) is 5.57 Å². The van der Waals surface area contributed by atoms with Crippen LogP contribution in [0.4, 0.5) is 13.2 Å². The third kappa shape index (κ3) is 3.01. The summed E-state index contributed by atoms with van der Waals surface area (Å²) in [7, 11) is 0. The highest BCUT2D eigenvalue weighted by Crippen LogP contribution is 2.82. The number of allylic oxidation sites excluding steroid dienone is 1. The van der Waals surface area contributed by atoms with E-state index in [1.807, 2.05) is 6.08 Å². The number of carbonyl (C=O) groups is 3. The second-order valence-electron chi connectivity index (χ2n) is 12.8. The van der Waals surface area contributed by atoms with Gasteiger partial charge >= 0.3 is 18.1 Å². The molecule has 3 unspecified atom stereocenters. The standard InChI is InChI=1S/C27H33F3O5/c1-12-19-17-10-13(31)4-7-24(17,2)15-5-8-25(3)22(21(15)20(12)19)14-11-16(14)26(25,34)9-6-18(32)35-23(33)27(28,29)30/h10,12,14-16,19-22,34H,4-9,11H2,1-3H3/t12-,14+,15?,16-,19-,20-,21?,22?,24+,25-,26-/m0/s1. The van der Waals surface area contributed by atoms with Gasteiger partial charge in [-0.25, -0.2) is 4.79 Å². The van der Waals surface area contributed by atoms with Crippen molar-refractivity contribution in [1.82, 2.24) is 0 Å². The van der Waals surface area contributed by atoms with E-state index >= 15 is 0 Å². The molecule has 6 rings (SSSR count). The minimum absolute atomic E-state index is 0.0126. The van der Waals surface area contributed by atoms with E-state index in [0.717, 1.165) is 25.7 Å². The van der Waals surface area contributed by atoms with Gasteiger partial charge in [0, 0.05) is 12.8 Å². The maximum absolute atomic E-state index is 12.5. The number of halogens is 3. The van der Waals surface area contributed by atoms with Crippen LogP contribution in [-0.2, 0) is 19.1 Å². The zero-order valence-electron chi connectivity index (χ0n) is 20.4. The van der Waals surface area contributed by atoms with Crippen molar-refractivity contribution in [3.63, 3.8) is 0 Å². The molecule has 0 amide bonds. The molecule has 11 atom stereocenters. The van der Waals surface area contributed by atoms with Crippen molar-refractivity contribution in [2.75, 3.05) is 0 Å². The average molecular weight is 495 g/mol. The largest absolute Gasteiger partial charge is 0.491 e. The lowest BCUT2D eigenvalue weighted by atomic mass is 9.45. The number of ether oxygens (including phenoxy) is 1. The van der Waals surface area contributed by atoms with E-state index in [-0.39, 0.29) is 23.5 Å². The Morgan fingerprint density at radius 1 is 1.17 bits per heavy atom. The molecule has 0 radical (unpaired) electrons. The van der Waals surface area contributed by atoms with Crippen molar-refractivity contribution < 1.29 is 37.4 Å². The van der Waals surface area contributed by atoms with Crippen LogP contribution in [0.15, 0.2) is 11.6 Å². The molecule has 5 saturated carbocycles. The monoisotopic (exact) mass is 494 g/mol. The van der Waals surface area contributed by atoms with Crippen LogP contribution in [0, 0.1) is 58.2 Å². The maximum atomic E-state index is 12.5. The second-order valence-corrected chi connectivity index (χ2v) is 12.8. The Bertz CT molecular complexity index is 1050. The van der Waals surface area contributed by atoms with E-state index in [0.29, 0.717) is 47.8 Å². The first-order valence-electron chi connectivity index (χ1n) is 13.0. The molecule has 192 valence electrons. The van der Waals surface area contributed by atoms with E-state index in [4.69, 9.17) is 0 Å². The summed E-state index contributed by atoms with van der Waals surface area (Å²) in [6.07, 6.45) is 0.406. The number of rotatable bonds is 3. The lowest BCUT2D eigenvalue weighted by Gasteiger charge is -2.60. The fourth-order valence-corrected chi connectivity index (χ4v) is 9.95. The van der Waals surface area contributed by atoms with Crippen LogP contribution in [0.2, 0.25) is 0 Å². The smallest absolute Gasteiger partial charge is 0.389 e. The van der Waals surface area contributed by atoms with Gasteiger partial charge in [0.1, 0.15) is 0 Å². The van der Waals surface area contributed by atoms with Gasteiger partial charge in [0.2, 0.25) is 0 Å². The van der Waals surface area contributed by atoms with E-state index < -0.39 is 35.6 Å². The number of hydrogen-bond acceptors (Lipinski definition) is 5. The average Bonchev–Trinajstić information content (AvgIpc) is 3.67. The van der Waals surface area contributed by atoms with Crippen molar-refractivity contribution in [2.45, 2.75) is 77.5 Å². The number of esters is 2. The van der Waals surface area contributed by atoms with Crippen LogP contribution < -0.4 is 0 Å². The SMILES string of the molecule is C[C@H]1[C@H]2C3=CC(=O)CC[C@]3(C)C3CC[C@@]4(C)C(C3[C@@H]12)[C@@H]1C[C@@H]1[C@@]4(O)CCC(=O)OC(=O)C(F)(F)F. The van der Waals surface area contributed by atoms with Crippen molar-refractivity contribution in [1.29, 1.82) is 0 Å². The van der Waals surface area contributed by atoms with Crippen molar-refractivity contribution in [3.05, 3.63) is 11.6 Å². The summed E-state index contributed by atoms with van der Waals surface area (Å²) in [4.78, 5) is 35.4. The van der Waals surface area contributed by atoms with Crippen LogP contribution in [-0.4, -0.2) is 34.6 Å². The molecule has 6 aliphatic rings. The quantitative estimate of drug-likeness (QED) is 0.458. The van der Waals surface area contributed by atoms with Crippen LogP contribution in [0.5, 0.6) is 0 Å². The Kier molecular flexibility index (Phi) is 4.73. The first-order valence-corrected chi connectivity index (χ1v) is 13.0. The van der Waals surface area contributed by atoms with Crippen molar-refractivity contribution in [3.8, 4) is 0 Å². The Balaban J connectivity index is 1.26. The fraction of sp³-hybridized carbons (Fsp3) is 0.815. The number of hydrogen-bond donors (Lipinski definition) is 1. The molecule has 0 saturated heterocycles. The number of alkyl halides is 3. The van der Waals surface area contributed by atoms with Crippen molar-refractivity contribution >= 4 is 17.7 Å². The molecule has 1 N–H and O–H groups in total. The summed E-state index contributed by atoms with van der Waals surface area (Å²) in [5, 5.41) is 12.0. The summed E-state index contributed by atoms with van der Waals surface area (Å²) in [5.74, 6) is -0.439. The minimum Gasteiger partial charge on any atom is -0.389 e. The fourth-order valence-electron chi connectivity index (χ4n) is 9.95. The van der Waals surface area contributed by atoms with Gasteiger partial charge in [-0.05, 0) is 96.4 Å². The van der Waals surface area contributed by atoms with E-state index in [9.17, 15) is 32.7 Å². The molecule has 5 nitrogen and oxygen atoms in total. The van der Waals surface area contributed by atoms with Crippen LogP contribution in [0.1, 0.15) is 65.7 Å². The molecular formula is C27H33F3O5. The molecule has 5 fully saturated rings. The maximum Gasteiger partial charge on any atom is 0.491 e. The first kappa shape index (κ1) is 23.7. The van der Waals surface area contributed by atoms with Gasteiger partial charge in [0.15, 0.2) is 5.78 Å². The molecule has 0 heterocycles. The molecule has 0 aliphatic heterocycles. The van der Waals surface area contributed by atoms with Crippen LogP contribution in [0.25, 0.3) is 0 Å². The van der Waals surface area contributed by atoms with Gasteiger partial charge in [-0.15, -0.1) is 0 Å². The molecule has 0 aromatic carbocycles. The van der Waals surface area contributed by atoms with Gasteiger partial charge in [0.25, 0.3) is 0 Å². The Hall–Kier alpha value is -1.70. The van der Waals surface area contributed by atoms with Crippen LogP contribution >= 0.6 is 0 Å². The molecule has 6 aliphatic carbocycles. The van der Waals surface area contributed by atoms with E-state index in [1.54, 1.807) is 0 Å². The molecule has 0 spiro atoms. The third-order valence-electron chi connectivity index (χ3n) is 11.6.